The second kappa shape index (κ2) is 1.90. The standard InChI is InChI=1S/C4H7N4/c1-4(2)8-6-3-5-7-8/h3H,1-2H3. The molecule has 8 heavy (non-hydrogen) atoms. The summed E-state index contributed by atoms with van der Waals surface area (Å²) in [6.45, 7) is 3.84. The summed E-state index contributed by atoms with van der Waals surface area (Å²) >= 11 is 0. The molecule has 0 bridgehead atoms. The summed E-state index contributed by atoms with van der Waals surface area (Å²) in [7, 11) is 0. The highest BCUT2D eigenvalue weighted by Gasteiger charge is 1.96. The lowest BCUT2D eigenvalue weighted by molar-refractivity contribution is 0.595. The largest absolute Gasteiger partial charge is 0.162 e. The molecule has 0 aliphatic carbocycles. The van der Waals surface area contributed by atoms with E-state index in [9.17, 15) is 0 Å². The fourth-order valence-corrected chi connectivity index (χ4v) is 0.372. The lowest BCUT2D eigenvalue weighted by Crippen LogP contribution is -2.05. The van der Waals surface area contributed by atoms with Crippen LogP contribution in [0.3, 0.4) is 0 Å². The molecule has 0 unspecified atom stereocenters. The summed E-state index contributed by atoms with van der Waals surface area (Å²) < 4.78 is 0. The third-order valence-corrected chi connectivity index (χ3v) is 0.749. The van der Waals surface area contributed by atoms with E-state index in [0.717, 1.165) is 6.04 Å². The Labute approximate surface area is 47.5 Å². The molecular formula is C4H7N4. The zero-order valence-electron chi connectivity index (χ0n) is 4.87. The molecule has 1 heterocycles. The van der Waals surface area contributed by atoms with E-state index in [1.165, 1.54) is 11.1 Å². The molecule has 0 atom stereocenters. The van der Waals surface area contributed by atoms with E-state index < -0.39 is 0 Å². The van der Waals surface area contributed by atoms with E-state index in [4.69, 9.17) is 0 Å². The van der Waals surface area contributed by atoms with Gasteiger partial charge in [-0.3, -0.25) is 0 Å². The smallest absolute Gasteiger partial charge is 0.156 e. The van der Waals surface area contributed by atoms with Gasteiger partial charge in [0.25, 0.3) is 0 Å². The van der Waals surface area contributed by atoms with Crippen molar-refractivity contribution in [3.05, 3.63) is 12.4 Å². The normalized spacial score (nSPS) is 10.4. The Kier molecular flexibility index (Phi) is 1.24. The van der Waals surface area contributed by atoms with Crippen LogP contribution >= 0.6 is 0 Å². The third-order valence-electron chi connectivity index (χ3n) is 0.749. The van der Waals surface area contributed by atoms with Crippen LogP contribution in [-0.2, 0) is 0 Å². The number of hydrogen-bond acceptors (Lipinski definition) is 3. The van der Waals surface area contributed by atoms with Gasteiger partial charge in [0.15, 0.2) is 6.33 Å². The Morgan fingerprint density at radius 2 is 2.25 bits per heavy atom. The molecule has 0 aliphatic rings. The van der Waals surface area contributed by atoms with Crippen LogP contribution in [-0.4, -0.2) is 20.2 Å². The monoisotopic (exact) mass is 111 g/mol. The molecule has 0 saturated heterocycles. The summed E-state index contributed by atoms with van der Waals surface area (Å²) in [6, 6.07) is 1.02. The first kappa shape index (κ1) is 5.21. The van der Waals surface area contributed by atoms with E-state index in [1.54, 1.807) is 0 Å². The van der Waals surface area contributed by atoms with Crippen molar-refractivity contribution in [3.63, 3.8) is 0 Å². The Balaban J connectivity index is 2.77. The summed E-state index contributed by atoms with van der Waals surface area (Å²) in [4.78, 5) is 1.47. The highest BCUT2D eigenvalue weighted by Crippen LogP contribution is 1.91. The molecule has 0 amide bonds. The van der Waals surface area contributed by atoms with Gasteiger partial charge >= 0.3 is 0 Å². The highest BCUT2D eigenvalue weighted by atomic mass is 15.6. The van der Waals surface area contributed by atoms with Gasteiger partial charge in [-0.15, -0.1) is 10.2 Å². The fraction of sp³-hybridized carbons (Fsp3) is 0.500. The van der Waals surface area contributed by atoms with Crippen molar-refractivity contribution < 1.29 is 0 Å². The van der Waals surface area contributed by atoms with Gasteiger partial charge in [-0.1, -0.05) is 0 Å². The molecule has 1 rings (SSSR count). The molecule has 1 radical (unpaired) electrons. The van der Waals surface area contributed by atoms with Gasteiger partial charge in [-0.2, -0.15) is 4.80 Å². The van der Waals surface area contributed by atoms with Crippen molar-refractivity contribution >= 4 is 0 Å². The minimum Gasteiger partial charge on any atom is -0.156 e. The second-order valence-electron chi connectivity index (χ2n) is 1.67. The fourth-order valence-electron chi connectivity index (χ4n) is 0.372. The molecule has 0 N–H and O–H groups in total. The van der Waals surface area contributed by atoms with Crippen molar-refractivity contribution in [2.45, 2.75) is 13.8 Å². The predicted molar refractivity (Wildman–Crippen MR) is 27.8 cm³/mol. The van der Waals surface area contributed by atoms with Crippen molar-refractivity contribution in [2.75, 3.05) is 0 Å². The van der Waals surface area contributed by atoms with Gasteiger partial charge in [0.05, 0.1) is 0 Å². The number of hydrogen-bond donors (Lipinski definition) is 0. The van der Waals surface area contributed by atoms with E-state index >= 15 is 0 Å². The lowest BCUT2D eigenvalue weighted by Gasteiger charge is -1.96. The first-order chi connectivity index (χ1) is 3.80. The summed E-state index contributed by atoms with van der Waals surface area (Å²) in [5.74, 6) is 0. The van der Waals surface area contributed by atoms with Crippen LogP contribution in [0.4, 0.5) is 0 Å². The maximum atomic E-state index is 3.77. The Morgan fingerprint density at radius 3 is 2.50 bits per heavy atom. The Morgan fingerprint density at radius 1 is 1.50 bits per heavy atom. The lowest BCUT2D eigenvalue weighted by atomic mass is 10.4. The van der Waals surface area contributed by atoms with Gasteiger partial charge in [-0.25, -0.2) is 0 Å². The number of nitrogens with zero attached hydrogens (tertiary/aromatic N) is 4. The van der Waals surface area contributed by atoms with Crippen molar-refractivity contribution in [3.8, 4) is 0 Å². The van der Waals surface area contributed by atoms with Crippen LogP contribution in [0.1, 0.15) is 13.8 Å². The molecule has 43 valence electrons. The molecule has 0 fully saturated rings. The maximum absolute atomic E-state index is 3.77. The zero-order chi connectivity index (χ0) is 5.98. The molecule has 4 nitrogen and oxygen atoms in total. The van der Waals surface area contributed by atoms with E-state index in [2.05, 4.69) is 15.4 Å². The molecule has 1 aromatic heterocycles. The molecule has 0 aromatic carbocycles. The molecule has 4 heteroatoms. The number of aromatic nitrogens is 4. The number of rotatable bonds is 1. The zero-order valence-corrected chi connectivity index (χ0v) is 4.87. The first-order valence-electron chi connectivity index (χ1n) is 2.34. The van der Waals surface area contributed by atoms with Crippen LogP contribution in [0.2, 0.25) is 0 Å². The number of tetrazole rings is 1. The first-order valence-corrected chi connectivity index (χ1v) is 2.34. The molecule has 0 aliphatic heterocycles. The van der Waals surface area contributed by atoms with E-state index in [0.29, 0.717) is 0 Å². The van der Waals surface area contributed by atoms with Crippen molar-refractivity contribution in [1.29, 1.82) is 0 Å². The third kappa shape index (κ3) is 0.828. The van der Waals surface area contributed by atoms with Crippen LogP contribution in [0.25, 0.3) is 0 Å². The highest BCUT2D eigenvalue weighted by molar-refractivity contribution is 4.71. The average Bonchev–Trinajstić information content (AvgIpc) is 2.12. The summed E-state index contributed by atoms with van der Waals surface area (Å²) in [6.07, 6.45) is 1.41. The van der Waals surface area contributed by atoms with Gasteiger partial charge in [-0.05, 0) is 19.1 Å². The van der Waals surface area contributed by atoms with Gasteiger partial charge in [0.2, 0.25) is 0 Å². The Bertz CT molecular complexity index is 143. The Hall–Kier alpha value is -0.930. The molecule has 0 spiro atoms. The SMILES string of the molecule is C[C](C)n1ncnn1. The maximum Gasteiger partial charge on any atom is 0.162 e. The van der Waals surface area contributed by atoms with Crippen LogP contribution < -0.4 is 0 Å². The van der Waals surface area contributed by atoms with Crippen molar-refractivity contribution in [2.24, 2.45) is 0 Å². The predicted octanol–water partition coefficient (Wildman–Crippen LogP) is 0.0930. The van der Waals surface area contributed by atoms with E-state index in [1.807, 2.05) is 13.8 Å². The second-order valence-corrected chi connectivity index (χ2v) is 1.67. The molecule has 0 saturated carbocycles. The summed E-state index contributed by atoms with van der Waals surface area (Å²) in [5.41, 5.74) is 0. The van der Waals surface area contributed by atoms with Gasteiger partial charge < -0.3 is 0 Å². The van der Waals surface area contributed by atoms with Crippen LogP contribution in [0, 0.1) is 6.04 Å². The van der Waals surface area contributed by atoms with Gasteiger partial charge in [0.1, 0.15) is 6.04 Å². The minimum atomic E-state index is 1.02. The van der Waals surface area contributed by atoms with Crippen molar-refractivity contribution in [1.82, 2.24) is 20.2 Å². The van der Waals surface area contributed by atoms with E-state index in [-0.39, 0.29) is 0 Å². The van der Waals surface area contributed by atoms with Crippen LogP contribution in [0.15, 0.2) is 6.33 Å². The average molecular weight is 111 g/mol. The molecular weight excluding hydrogens is 104 g/mol. The minimum absolute atomic E-state index is 1.02. The van der Waals surface area contributed by atoms with Gasteiger partial charge in [0, 0.05) is 0 Å². The topological polar surface area (TPSA) is 43.6 Å². The van der Waals surface area contributed by atoms with Crippen LogP contribution in [0.5, 0.6) is 0 Å². The molecule has 1 aromatic rings. The quantitative estimate of drug-likeness (QED) is 0.516. The summed E-state index contributed by atoms with van der Waals surface area (Å²) in [5, 5.41) is 10.9.